The zero-order chi connectivity index (χ0) is 14.4. The monoisotopic (exact) mass is 266 g/mol. The van der Waals surface area contributed by atoms with Gasteiger partial charge in [0.25, 0.3) is 0 Å². The summed E-state index contributed by atoms with van der Waals surface area (Å²) in [6, 6.07) is 13.8. The van der Waals surface area contributed by atoms with Crippen LogP contribution in [0.15, 0.2) is 36.4 Å². The van der Waals surface area contributed by atoms with Crippen LogP contribution in [0.25, 0.3) is 10.8 Å². The van der Waals surface area contributed by atoms with Crippen LogP contribution < -0.4 is 0 Å². The first-order chi connectivity index (χ1) is 9.37. The molecule has 0 aromatic heterocycles. The average Bonchev–Trinajstić information content (AvgIpc) is 3.14. The van der Waals surface area contributed by atoms with E-state index in [0.717, 1.165) is 0 Å². The second-order valence-electron chi connectivity index (χ2n) is 7.99. The molecule has 3 rings (SSSR count). The van der Waals surface area contributed by atoms with Gasteiger partial charge in [-0.05, 0) is 58.4 Å². The predicted molar refractivity (Wildman–Crippen MR) is 88.3 cm³/mol. The summed E-state index contributed by atoms with van der Waals surface area (Å²) in [7, 11) is 0. The van der Waals surface area contributed by atoms with Gasteiger partial charge in [0.05, 0.1) is 0 Å². The molecule has 0 unspecified atom stereocenters. The highest BCUT2D eigenvalue weighted by Gasteiger charge is 2.40. The lowest BCUT2D eigenvalue weighted by atomic mass is 9.85. The molecule has 0 amide bonds. The Balaban J connectivity index is 2.02. The molecule has 0 atom stereocenters. The van der Waals surface area contributed by atoms with E-state index in [0.29, 0.717) is 10.8 Å². The number of fused-ring (bicyclic) bond motifs is 1. The Morgan fingerprint density at radius 1 is 1.05 bits per heavy atom. The number of aryl methyl sites for hydroxylation is 1. The summed E-state index contributed by atoms with van der Waals surface area (Å²) >= 11 is 0. The Bertz CT molecular complexity index is 624. The van der Waals surface area contributed by atoms with Crippen LogP contribution >= 0.6 is 0 Å². The number of hydrogen-bond acceptors (Lipinski definition) is 0. The van der Waals surface area contributed by atoms with Gasteiger partial charge in [-0.2, -0.15) is 0 Å². The molecule has 0 heterocycles. The van der Waals surface area contributed by atoms with Gasteiger partial charge in [0.1, 0.15) is 0 Å². The van der Waals surface area contributed by atoms with E-state index in [2.05, 4.69) is 64.1 Å². The lowest BCUT2D eigenvalue weighted by Crippen LogP contribution is -2.07. The largest absolute Gasteiger partial charge is 0.0616 e. The van der Waals surface area contributed by atoms with Crippen molar-refractivity contribution in [3.8, 4) is 0 Å². The van der Waals surface area contributed by atoms with Gasteiger partial charge in [-0.3, -0.25) is 0 Å². The van der Waals surface area contributed by atoms with Gasteiger partial charge in [0.15, 0.2) is 0 Å². The van der Waals surface area contributed by atoms with Crippen LogP contribution in [0.4, 0.5) is 0 Å². The van der Waals surface area contributed by atoms with Crippen molar-refractivity contribution in [2.75, 3.05) is 0 Å². The Labute approximate surface area is 123 Å². The smallest absolute Gasteiger partial charge is 0.00684 e. The minimum absolute atomic E-state index is 0.412. The second-order valence-corrected chi connectivity index (χ2v) is 7.99. The fourth-order valence-electron chi connectivity index (χ4n) is 2.99. The SMILES string of the molecule is CC(C)(C)CCc1cc(C2(C)CC2)c2ccccc2c1. The molecule has 2 aromatic carbocycles. The molecule has 1 fully saturated rings. The average molecular weight is 266 g/mol. The third kappa shape index (κ3) is 2.75. The number of hydrogen-bond donors (Lipinski definition) is 0. The van der Waals surface area contributed by atoms with Gasteiger partial charge < -0.3 is 0 Å². The van der Waals surface area contributed by atoms with E-state index in [1.54, 1.807) is 5.56 Å². The summed E-state index contributed by atoms with van der Waals surface area (Å²) in [6.07, 6.45) is 5.14. The van der Waals surface area contributed by atoms with Gasteiger partial charge in [-0.1, -0.05) is 64.1 Å². The Kier molecular flexibility index (Phi) is 3.16. The minimum Gasteiger partial charge on any atom is -0.0616 e. The molecule has 2 aromatic rings. The molecule has 1 aliphatic rings. The molecule has 1 saturated carbocycles. The van der Waals surface area contributed by atoms with Gasteiger partial charge in [0.2, 0.25) is 0 Å². The summed E-state index contributed by atoms with van der Waals surface area (Å²) in [4.78, 5) is 0. The van der Waals surface area contributed by atoms with Crippen molar-refractivity contribution < 1.29 is 0 Å². The van der Waals surface area contributed by atoms with Crippen LogP contribution in [-0.2, 0) is 11.8 Å². The van der Waals surface area contributed by atoms with Crippen molar-refractivity contribution in [3.05, 3.63) is 47.5 Å². The van der Waals surface area contributed by atoms with Crippen molar-refractivity contribution in [3.63, 3.8) is 0 Å². The van der Waals surface area contributed by atoms with Gasteiger partial charge in [0, 0.05) is 0 Å². The first-order valence-corrected chi connectivity index (χ1v) is 7.90. The van der Waals surface area contributed by atoms with E-state index >= 15 is 0 Å². The maximum absolute atomic E-state index is 2.49. The van der Waals surface area contributed by atoms with Crippen molar-refractivity contribution in [2.24, 2.45) is 5.41 Å². The van der Waals surface area contributed by atoms with Crippen LogP contribution in [0.1, 0.15) is 58.1 Å². The molecule has 1 aliphatic carbocycles. The van der Waals surface area contributed by atoms with Crippen LogP contribution in [-0.4, -0.2) is 0 Å². The molecular weight excluding hydrogens is 240 g/mol. The normalized spacial score (nSPS) is 17.4. The number of rotatable bonds is 3. The molecule has 0 radical (unpaired) electrons. The van der Waals surface area contributed by atoms with Gasteiger partial charge >= 0.3 is 0 Å². The zero-order valence-electron chi connectivity index (χ0n) is 13.3. The maximum atomic E-state index is 2.49. The van der Waals surface area contributed by atoms with E-state index in [9.17, 15) is 0 Å². The molecular formula is C20H26. The summed E-state index contributed by atoms with van der Waals surface area (Å²) in [5.41, 5.74) is 3.95. The minimum atomic E-state index is 0.412. The Morgan fingerprint density at radius 2 is 1.75 bits per heavy atom. The highest BCUT2D eigenvalue weighted by molar-refractivity contribution is 5.87. The van der Waals surface area contributed by atoms with Crippen molar-refractivity contribution >= 4 is 10.8 Å². The van der Waals surface area contributed by atoms with Crippen molar-refractivity contribution in [1.82, 2.24) is 0 Å². The maximum Gasteiger partial charge on any atom is -0.00684 e. The van der Waals surface area contributed by atoms with Crippen LogP contribution in [0.3, 0.4) is 0 Å². The summed E-state index contributed by atoms with van der Waals surface area (Å²) in [5, 5.41) is 2.88. The lowest BCUT2D eigenvalue weighted by Gasteiger charge is -2.20. The van der Waals surface area contributed by atoms with E-state index in [-0.39, 0.29) is 0 Å². The van der Waals surface area contributed by atoms with E-state index in [1.165, 1.54) is 42.0 Å². The first-order valence-electron chi connectivity index (χ1n) is 7.90. The molecule has 0 bridgehead atoms. The summed E-state index contributed by atoms with van der Waals surface area (Å²) < 4.78 is 0. The molecule has 0 aliphatic heterocycles. The fourth-order valence-corrected chi connectivity index (χ4v) is 2.99. The van der Waals surface area contributed by atoms with Crippen LogP contribution in [0.2, 0.25) is 0 Å². The summed E-state index contributed by atoms with van der Waals surface area (Å²) in [5.74, 6) is 0. The quantitative estimate of drug-likeness (QED) is 0.651. The standard InChI is InChI=1S/C20H26/c1-19(2,3)10-9-15-13-16-7-5-6-8-17(16)18(14-15)20(4)11-12-20/h5-8,13-14H,9-12H2,1-4H3. The first kappa shape index (κ1) is 13.7. The number of benzene rings is 2. The predicted octanol–water partition coefficient (Wildman–Crippen LogP) is 5.87. The zero-order valence-corrected chi connectivity index (χ0v) is 13.3. The van der Waals surface area contributed by atoms with Crippen LogP contribution in [0.5, 0.6) is 0 Å². The molecule has 0 heteroatoms. The van der Waals surface area contributed by atoms with Gasteiger partial charge in [-0.15, -0.1) is 0 Å². The molecule has 0 saturated heterocycles. The summed E-state index contributed by atoms with van der Waals surface area (Å²) in [6.45, 7) is 9.41. The van der Waals surface area contributed by atoms with E-state index in [1.807, 2.05) is 0 Å². The third-order valence-electron chi connectivity index (χ3n) is 4.74. The van der Waals surface area contributed by atoms with Crippen LogP contribution in [0, 0.1) is 5.41 Å². The fraction of sp³-hybridized carbons (Fsp3) is 0.500. The Hall–Kier alpha value is -1.30. The Morgan fingerprint density at radius 3 is 2.40 bits per heavy atom. The van der Waals surface area contributed by atoms with Gasteiger partial charge in [-0.25, -0.2) is 0 Å². The molecule has 0 N–H and O–H groups in total. The lowest BCUT2D eigenvalue weighted by molar-refractivity contribution is 0.378. The van der Waals surface area contributed by atoms with E-state index in [4.69, 9.17) is 0 Å². The molecule has 20 heavy (non-hydrogen) atoms. The molecule has 0 spiro atoms. The highest BCUT2D eigenvalue weighted by Crippen LogP contribution is 2.50. The molecule has 0 nitrogen and oxygen atoms in total. The van der Waals surface area contributed by atoms with E-state index < -0.39 is 0 Å². The highest BCUT2D eigenvalue weighted by atomic mass is 14.4. The van der Waals surface area contributed by atoms with Crippen molar-refractivity contribution in [2.45, 2.75) is 58.8 Å². The molecule has 106 valence electrons. The van der Waals surface area contributed by atoms with Crippen molar-refractivity contribution in [1.29, 1.82) is 0 Å². The topological polar surface area (TPSA) is 0 Å². The third-order valence-corrected chi connectivity index (χ3v) is 4.74. The second kappa shape index (κ2) is 4.62.